The van der Waals surface area contributed by atoms with Crippen LogP contribution in [-0.2, 0) is 19.9 Å². The number of carboxylic acids is 1. The normalized spacial score (nSPS) is 19.9. The second kappa shape index (κ2) is 11.5. The van der Waals surface area contributed by atoms with Gasteiger partial charge in [0.15, 0.2) is 0 Å². The number of carboxylic acid groups (broad SMARTS) is 1. The minimum atomic E-state index is -5.08. The lowest BCUT2D eigenvalue weighted by atomic mass is 9.99. The number of alkyl halides is 3. The van der Waals surface area contributed by atoms with Gasteiger partial charge in [-0.1, -0.05) is 20.3 Å². The molecule has 0 aromatic carbocycles. The van der Waals surface area contributed by atoms with E-state index in [0.717, 1.165) is 48.9 Å². The molecule has 1 aromatic heterocycles. The topological polar surface area (TPSA) is 132 Å². The zero-order valence-corrected chi connectivity index (χ0v) is 19.2. The van der Waals surface area contributed by atoms with E-state index < -0.39 is 23.7 Å². The summed E-state index contributed by atoms with van der Waals surface area (Å²) in [5, 5.41) is 26.1. The van der Waals surface area contributed by atoms with Crippen LogP contribution in [0, 0.1) is 5.92 Å². The monoisotopic (exact) mass is 489 g/mol. The average Bonchev–Trinajstić information content (AvgIpc) is 3.54. The molecule has 1 aromatic rings. The summed E-state index contributed by atoms with van der Waals surface area (Å²) in [5.41, 5.74) is 0.440. The molecule has 2 aliphatic rings. The Kier molecular flexibility index (Phi) is 9.25. The van der Waals surface area contributed by atoms with E-state index in [0.29, 0.717) is 6.42 Å². The Morgan fingerprint density at radius 3 is 2.38 bits per heavy atom. The molecule has 1 saturated heterocycles. The first-order chi connectivity index (χ1) is 15.8. The van der Waals surface area contributed by atoms with Gasteiger partial charge in [-0.05, 0) is 50.6 Å². The van der Waals surface area contributed by atoms with Crippen LogP contribution in [0.25, 0.3) is 0 Å². The lowest BCUT2D eigenvalue weighted by molar-refractivity contribution is -0.905. The number of carbonyl (C=O) groups is 3. The molecule has 2 heterocycles. The molecule has 34 heavy (non-hydrogen) atoms. The van der Waals surface area contributed by atoms with Crippen molar-refractivity contribution in [1.29, 1.82) is 0 Å². The number of hydrogen-bond acceptors (Lipinski definition) is 5. The van der Waals surface area contributed by atoms with Crippen molar-refractivity contribution in [3.05, 3.63) is 30.1 Å². The molecule has 1 saturated carbocycles. The Hall–Kier alpha value is -2.89. The predicted octanol–water partition coefficient (Wildman–Crippen LogP) is 1.62. The maximum absolute atomic E-state index is 13.0. The van der Waals surface area contributed by atoms with Crippen LogP contribution in [0.5, 0.6) is 0 Å². The van der Waals surface area contributed by atoms with E-state index in [1.54, 1.807) is 18.5 Å². The zero-order valence-electron chi connectivity index (χ0n) is 19.2. The zero-order chi connectivity index (χ0) is 25.5. The summed E-state index contributed by atoms with van der Waals surface area (Å²) in [6.07, 6.45) is 3.26. The van der Waals surface area contributed by atoms with Crippen molar-refractivity contribution in [2.75, 3.05) is 6.54 Å². The fraction of sp³-hybridized carbons (Fsp3) is 0.636. The number of carbonyl (C=O) groups excluding carboxylic acids is 2. The van der Waals surface area contributed by atoms with Gasteiger partial charge in [-0.3, -0.25) is 14.8 Å². The molecule has 9 nitrogen and oxygen atoms in total. The molecule has 2 fully saturated rings. The Labute approximate surface area is 195 Å². The molecule has 2 unspecified atom stereocenters. The van der Waals surface area contributed by atoms with Gasteiger partial charge in [0.1, 0.15) is 6.04 Å². The summed E-state index contributed by atoms with van der Waals surface area (Å²) < 4.78 is 32.7. The first-order valence-electron chi connectivity index (χ1n) is 11.2. The van der Waals surface area contributed by atoms with E-state index in [1.807, 2.05) is 19.9 Å². The standard InChI is InChI=1S/C20H30N4O3.C2HF3O2/c1-14(2)12-17(22-18(25)16-7-3-4-10-21-16)19(26)23-20(8-9-20)15-6-5-11-24(27)13-15;3-2(4,5)1(6)7/h5-6,11,13-14,16-17,21H,3-4,7-10,12H2,1-2H3,(H2-,22,23,25,26,27);(H,6,7)/p+1. The third-order valence-electron chi connectivity index (χ3n) is 5.66. The molecule has 1 aliphatic heterocycles. The molecule has 0 bridgehead atoms. The van der Waals surface area contributed by atoms with Gasteiger partial charge in [-0.25, -0.2) is 4.79 Å². The Bertz CT molecular complexity index is 868. The van der Waals surface area contributed by atoms with Crippen molar-refractivity contribution in [1.82, 2.24) is 16.0 Å². The van der Waals surface area contributed by atoms with Gasteiger partial charge in [0.2, 0.25) is 24.2 Å². The molecule has 3 rings (SSSR count). The van der Waals surface area contributed by atoms with Crippen LogP contribution in [0.2, 0.25) is 0 Å². The first-order valence-corrected chi connectivity index (χ1v) is 11.2. The number of nitrogens with zero attached hydrogens (tertiary/aromatic N) is 1. The Balaban J connectivity index is 0.000000509. The molecule has 0 radical (unpaired) electrons. The van der Waals surface area contributed by atoms with Gasteiger partial charge >= 0.3 is 12.1 Å². The van der Waals surface area contributed by atoms with E-state index in [-0.39, 0.29) is 23.8 Å². The summed E-state index contributed by atoms with van der Waals surface area (Å²) in [7, 11) is 0. The first kappa shape index (κ1) is 27.4. The average molecular weight is 490 g/mol. The maximum atomic E-state index is 13.0. The lowest BCUT2D eigenvalue weighted by Gasteiger charge is -2.27. The molecule has 1 aliphatic carbocycles. The Morgan fingerprint density at radius 2 is 1.91 bits per heavy atom. The second-order valence-electron chi connectivity index (χ2n) is 9.04. The number of pyridine rings is 1. The summed E-state index contributed by atoms with van der Waals surface area (Å²) in [4.78, 5) is 34.5. The van der Waals surface area contributed by atoms with Crippen molar-refractivity contribution < 1.29 is 42.6 Å². The van der Waals surface area contributed by atoms with Crippen LogP contribution >= 0.6 is 0 Å². The molecule has 190 valence electrons. The highest BCUT2D eigenvalue weighted by Crippen LogP contribution is 2.45. The van der Waals surface area contributed by atoms with Gasteiger partial charge in [0, 0.05) is 16.4 Å². The predicted molar refractivity (Wildman–Crippen MR) is 114 cm³/mol. The van der Waals surface area contributed by atoms with Gasteiger partial charge in [0.05, 0.1) is 11.6 Å². The highest BCUT2D eigenvalue weighted by atomic mass is 19.4. The van der Waals surface area contributed by atoms with Crippen molar-refractivity contribution in [2.24, 2.45) is 5.92 Å². The van der Waals surface area contributed by atoms with Crippen LogP contribution in [-0.4, -0.2) is 52.9 Å². The smallest absolute Gasteiger partial charge is 0.475 e. The largest absolute Gasteiger partial charge is 0.490 e. The van der Waals surface area contributed by atoms with Crippen molar-refractivity contribution in [3.63, 3.8) is 0 Å². The van der Waals surface area contributed by atoms with Crippen LogP contribution < -0.4 is 20.7 Å². The van der Waals surface area contributed by atoms with Gasteiger partial charge in [0.25, 0.3) is 0 Å². The van der Waals surface area contributed by atoms with Crippen molar-refractivity contribution >= 4 is 17.8 Å². The number of amides is 2. The maximum Gasteiger partial charge on any atom is 0.490 e. The van der Waals surface area contributed by atoms with Crippen LogP contribution in [0.15, 0.2) is 24.5 Å². The highest BCUT2D eigenvalue weighted by molar-refractivity contribution is 5.90. The number of nitrogens with one attached hydrogen (secondary N) is 3. The van der Waals surface area contributed by atoms with Crippen LogP contribution in [0.4, 0.5) is 13.2 Å². The van der Waals surface area contributed by atoms with E-state index in [9.17, 15) is 28.0 Å². The van der Waals surface area contributed by atoms with Crippen molar-refractivity contribution in [3.8, 4) is 0 Å². The Morgan fingerprint density at radius 1 is 1.26 bits per heavy atom. The van der Waals surface area contributed by atoms with E-state index >= 15 is 0 Å². The lowest BCUT2D eigenvalue weighted by Crippen LogP contribution is -2.55. The van der Waals surface area contributed by atoms with Gasteiger partial charge < -0.3 is 21.1 Å². The molecular formula is C22H32F3N4O5+. The number of hydrogen-bond donors (Lipinski definition) is 5. The van der Waals surface area contributed by atoms with Crippen molar-refractivity contribution in [2.45, 2.75) is 76.2 Å². The van der Waals surface area contributed by atoms with Crippen LogP contribution in [0.3, 0.4) is 0 Å². The third-order valence-corrected chi connectivity index (χ3v) is 5.66. The van der Waals surface area contributed by atoms with Crippen LogP contribution in [0.1, 0.15) is 57.9 Å². The minimum Gasteiger partial charge on any atom is -0.475 e. The second-order valence-corrected chi connectivity index (χ2v) is 9.04. The quantitative estimate of drug-likeness (QED) is 0.292. The molecule has 12 heteroatoms. The van der Waals surface area contributed by atoms with Gasteiger partial charge in [-0.15, -0.1) is 0 Å². The van der Waals surface area contributed by atoms with E-state index in [1.165, 1.54) is 0 Å². The van der Waals surface area contributed by atoms with E-state index in [4.69, 9.17) is 9.90 Å². The van der Waals surface area contributed by atoms with E-state index in [2.05, 4.69) is 16.0 Å². The highest BCUT2D eigenvalue weighted by Gasteiger charge is 2.48. The molecule has 0 spiro atoms. The van der Waals surface area contributed by atoms with Gasteiger partial charge in [-0.2, -0.15) is 13.2 Å². The number of aromatic nitrogens is 1. The minimum absolute atomic E-state index is 0.0896. The summed E-state index contributed by atoms with van der Waals surface area (Å²) in [6, 6.07) is 2.90. The SMILES string of the molecule is CC(C)CC(NC(=O)C1CCCCN1)C(=O)NC1(c2ccc[n+](O)c2)CC1.O=C(O)C(F)(F)F. The summed E-state index contributed by atoms with van der Waals surface area (Å²) in [5.74, 6) is -2.72. The number of aliphatic carboxylic acids is 1. The molecule has 5 N–H and O–H groups in total. The number of piperidine rings is 1. The summed E-state index contributed by atoms with van der Waals surface area (Å²) >= 11 is 0. The summed E-state index contributed by atoms with van der Waals surface area (Å²) in [6.45, 7) is 4.94. The molecular weight excluding hydrogens is 457 g/mol. The number of rotatable bonds is 7. The molecule has 2 atom stereocenters. The number of halogens is 3. The fourth-order valence-corrected chi connectivity index (χ4v) is 3.73. The molecule has 2 amide bonds. The fourth-order valence-electron chi connectivity index (χ4n) is 3.73. The third kappa shape index (κ3) is 8.15.